The van der Waals surface area contributed by atoms with E-state index in [1.807, 2.05) is 0 Å². The van der Waals surface area contributed by atoms with Crippen molar-refractivity contribution in [1.82, 2.24) is 5.32 Å². The van der Waals surface area contributed by atoms with Gasteiger partial charge in [-0.2, -0.15) is 0 Å². The standard InChI is InChI=1S/C18H21NO/c1-2-19-12-14-7-9-17(10-8-14)20-13-16-11-15-5-3-4-6-18(15)16/h3-10,16,19H,2,11-13H2,1H3. The van der Waals surface area contributed by atoms with Crippen molar-refractivity contribution >= 4 is 0 Å². The van der Waals surface area contributed by atoms with E-state index in [2.05, 4.69) is 60.8 Å². The number of fused-ring (bicyclic) bond motifs is 1. The summed E-state index contributed by atoms with van der Waals surface area (Å²) in [5.74, 6) is 1.53. The molecule has 1 atom stereocenters. The molecule has 104 valence electrons. The summed E-state index contributed by atoms with van der Waals surface area (Å²) >= 11 is 0. The molecule has 0 aliphatic heterocycles. The molecule has 2 heteroatoms. The van der Waals surface area contributed by atoms with Gasteiger partial charge >= 0.3 is 0 Å². The topological polar surface area (TPSA) is 21.3 Å². The normalized spacial score (nSPS) is 16.4. The Morgan fingerprint density at radius 1 is 1.10 bits per heavy atom. The molecule has 2 nitrogen and oxygen atoms in total. The van der Waals surface area contributed by atoms with Gasteiger partial charge < -0.3 is 10.1 Å². The zero-order valence-electron chi connectivity index (χ0n) is 11.9. The fraction of sp³-hybridized carbons (Fsp3) is 0.333. The fourth-order valence-electron chi connectivity index (χ4n) is 2.68. The van der Waals surface area contributed by atoms with Crippen LogP contribution >= 0.6 is 0 Å². The van der Waals surface area contributed by atoms with Gasteiger partial charge in [0.05, 0.1) is 6.61 Å². The van der Waals surface area contributed by atoms with E-state index in [4.69, 9.17) is 4.74 Å². The lowest BCUT2D eigenvalue weighted by Gasteiger charge is -2.29. The SMILES string of the molecule is CCNCc1ccc(OCC2Cc3ccccc32)cc1. The second-order valence-corrected chi connectivity index (χ2v) is 5.34. The first-order valence-corrected chi connectivity index (χ1v) is 7.37. The van der Waals surface area contributed by atoms with E-state index in [0.29, 0.717) is 5.92 Å². The number of rotatable bonds is 6. The lowest BCUT2D eigenvalue weighted by Crippen LogP contribution is -2.23. The zero-order chi connectivity index (χ0) is 13.8. The predicted octanol–water partition coefficient (Wildman–Crippen LogP) is 3.51. The average Bonchev–Trinajstić information content (AvgIpc) is 2.47. The van der Waals surface area contributed by atoms with Crippen LogP contribution < -0.4 is 10.1 Å². The van der Waals surface area contributed by atoms with Gasteiger partial charge in [0.2, 0.25) is 0 Å². The summed E-state index contributed by atoms with van der Waals surface area (Å²) in [6.45, 7) is 4.82. The van der Waals surface area contributed by atoms with Crippen LogP contribution in [0, 0.1) is 0 Å². The molecule has 1 N–H and O–H groups in total. The summed E-state index contributed by atoms with van der Waals surface area (Å²) in [5, 5.41) is 3.32. The van der Waals surface area contributed by atoms with Crippen LogP contribution in [-0.2, 0) is 13.0 Å². The second kappa shape index (κ2) is 6.10. The van der Waals surface area contributed by atoms with E-state index < -0.39 is 0 Å². The van der Waals surface area contributed by atoms with Gasteiger partial charge in [0, 0.05) is 12.5 Å². The number of hydrogen-bond acceptors (Lipinski definition) is 2. The van der Waals surface area contributed by atoms with Gasteiger partial charge in [-0.1, -0.05) is 43.3 Å². The van der Waals surface area contributed by atoms with Gasteiger partial charge in [-0.05, 0) is 41.8 Å². The van der Waals surface area contributed by atoms with Gasteiger partial charge in [-0.3, -0.25) is 0 Å². The highest BCUT2D eigenvalue weighted by molar-refractivity contribution is 5.40. The highest BCUT2D eigenvalue weighted by atomic mass is 16.5. The molecule has 0 radical (unpaired) electrons. The predicted molar refractivity (Wildman–Crippen MR) is 82.2 cm³/mol. The van der Waals surface area contributed by atoms with Crippen LogP contribution in [0.25, 0.3) is 0 Å². The molecule has 20 heavy (non-hydrogen) atoms. The molecule has 0 aromatic heterocycles. The fourth-order valence-corrected chi connectivity index (χ4v) is 2.68. The summed E-state index contributed by atoms with van der Waals surface area (Å²) in [6, 6.07) is 17.0. The first-order valence-electron chi connectivity index (χ1n) is 7.37. The van der Waals surface area contributed by atoms with Gasteiger partial charge in [-0.15, -0.1) is 0 Å². The van der Waals surface area contributed by atoms with Crippen molar-refractivity contribution in [2.45, 2.75) is 25.8 Å². The van der Waals surface area contributed by atoms with Gasteiger partial charge in [0.1, 0.15) is 5.75 Å². The van der Waals surface area contributed by atoms with Crippen molar-refractivity contribution in [3.63, 3.8) is 0 Å². The zero-order valence-corrected chi connectivity index (χ0v) is 11.9. The molecular formula is C18H21NO. The molecule has 0 fully saturated rings. The lowest BCUT2D eigenvalue weighted by molar-refractivity contribution is 0.275. The smallest absolute Gasteiger partial charge is 0.119 e. The molecule has 0 saturated carbocycles. The molecule has 2 aromatic rings. The first-order chi connectivity index (χ1) is 9.86. The molecule has 2 aromatic carbocycles. The minimum atomic E-state index is 0.563. The van der Waals surface area contributed by atoms with Crippen molar-refractivity contribution in [3.8, 4) is 5.75 Å². The van der Waals surface area contributed by atoms with Gasteiger partial charge in [0.15, 0.2) is 0 Å². The Labute approximate surface area is 120 Å². The molecule has 0 saturated heterocycles. The Morgan fingerprint density at radius 2 is 1.90 bits per heavy atom. The molecule has 1 unspecified atom stereocenters. The average molecular weight is 267 g/mol. The molecule has 0 spiro atoms. The third-order valence-corrected chi connectivity index (χ3v) is 3.91. The molecule has 1 aliphatic rings. The maximum Gasteiger partial charge on any atom is 0.119 e. The Hall–Kier alpha value is -1.80. The van der Waals surface area contributed by atoms with Crippen LogP contribution in [0.3, 0.4) is 0 Å². The lowest BCUT2D eigenvalue weighted by atomic mass is 9.78. The van der Waals surface area contributed by atoms with Crippen LogP contribution in [0.2, 0.25) is 0 Å². The van der Waals surface area contributed by atoms with Crippen molar-refractivity contribution in [3.05, 3.63) is 65.2 Å². The Morgan fingerprint density at radius 3 is 2.65 bits per heavy atom. The minimum Gasteiger partial charge on any atom is -0.493 e. The monoisotopic (exact) mass is 267 g/mol. The molecule has 3 rings (SSSR count). The van der Waals surface area contributed by atoms with Crippen molar-refractivity contribution in [1.29, 1.82) is 0 Å². The Balaban J connectivity index is 1.52. The summed E-state index contributed by atoms with van der Waals surface area (Å²) < 4.78 is 5.91. The molecular weight excluding hydrogens is 246 g/mol. The Bertz CT molecular complexity index is 562. The van der Waals surface area contributed by atoms with E-state index in [-0.39, 0.29) is 0 Å². The highest BCUT2D eigenvalue weighted by Gasteiger charge is 2.25. The first kappa shape index (κ1) is 13.2. The molecule has 0 amide bonds. The summed E-state index contributed by atoms with van der Waals surface area (Å²) in [4.78, 5) is 0. The van der Waals surface area contributed by atoms with Crippen LogP contribution in [0.4, 0.5) is 0 Å². The third-order valence-electron chi connectivity index (χ3n) is 3.91. The van der Waals surface area contributed by atoms with E-state index in [1.165, 1.54) is 16.7 Å². The maximum atomic E-state index is 5.91. The maximum absolute atomic E-state index is 5.91. The van der Waals surface area contributed by atoms with Crippen LogP contribution in [-0.4, -0.2) is 13.2 Å². The van der Waals surface area contributed by atoms with E-state index in [1.54, 1.807) is 0 Å². The van der Waals surface area contributed by atoms with E-state index >= 15 is 0 Å². The number of hydrogen-bond donors (Lipinski definition) is 1. The minimum absolute atomic E-state index is 0.563. The van der Waals surface area contributed by atoms with Crippen molar-refractivity contribution < 1.29 is 4.74 Å². The largest absolute Gasteiger partial charge is 0.493 e. The van der Waals surface area contributed by atoms with Gasteiger partial charge in [-0.25, -0.2) is 0 Å². The second-order valence-electron chi connectivity index (χ2n) is 5.34. The molecule has 0 heterocycles. The van der Waals surface area contributed by atoms with Crippen LogP contribution in [0.1, 0.15) is 29.5 Å². The van der Waals surface area contributed by atoms with E-state index in [9.17, 15) is 0 Å². The van der Waals surface area contributed by atoms with Crippen LogP contribution in [0.15, 0.2) is 48.5 Å². The van der Waals surface area contributed by atoms with Crippen LogP contribution in [0.5, 0.6) is 5.75 Å². The highest BCUT2D eigenvalue weighted by Crippen LogP contribution is 2.35. The van der Waals surface area contributed by atoms with Crippen molar-refractivity contribution in [2.75, 3.05) is 13.2 Å². The quantitative estimate of drug-likeness (QED) is 0.864. The number of nitrogens with one attached hydrogen (secondary N) is 1. The summed E-state index contributed by atoms with van der Waals surface area (Å²) in [5.41, 5.74) is 4.23. The summed E-state index contributed by atoms with van der Waals surface area (Å²) in [7, 11) is 0. The molecule has 0 bridgehead atoms. The number of benzene rings is 2. The molecule has 1 aliphatic carbocycles. The van der Waals surface area contributed by atoms with Crippen molar-refractivity contribution in [2.24, 2.45) is 0 Å². The third kappa shape index (κ3) is 2.86. The summed E-state index contributed by atoms with van der Waals surface area (Å²) in [6.07, 6.45) is 1.15. The van der Waals surface area contributed by atoms with Gasteiger partial charge in [0.25, 0.3) is 0 Å². The van der Waals surface area contributed by atoms with E-state index in [0.717, 1.165) is 31.9 Å². The Kier molecular flexibility index (Phi) is 4.03. The number of ether oxygens (including phenoxy) is 1.